The van der Waals surface area contributed by atoms with Gasteiger partial charge in [0.2, 0.25) is 0 Å². The number of benzene rings is 3. The highest BCUT2D eigenvalue weighted by atomic mass is 35.5. The number of fused-ring (bicyclic) bond motifs is 1. The van der Waals surface area contributed by atoms with Crippen LogP contribution in [-0.2, 0) is 4.79 Å². The minimum atomic E-state index is 0.00926. The number of hydrogen-bond donors (Lipinski definition) is 0. The average molecular weight is 346 g/mol. The molecule has 0 N–H and O–H groups in total. The maximum atomic E-state index is 13.1. The molecule has 4 rings (SSSR count). The number of amides is 1. The van der Waals surface area contributed by atoms with Gasteiger partial charge in [-0.2, -0.15) is 0 Å². The van der Waals surface area contributed by atoms with Crippen molar-refractivity contribution in [2.45, 2.75) is 0 Å². The number of hydrogen-bond acceptors (Lipinski definition) is 1. The SMILES string of the molecule is CN1C(=O)/C(=C(/c2ccccc2)c2ccc(Cl)cc2)c2ccccc21. The molecule has 0 unspecified atom stereocenters. The van der Waals surface area contributed by atoms with Crippen LogP contribution in [0.25, 0.3) is 11.1 Å². The number of carbonyl (C=O) groups excluding carboxylic acids is 1. The Labute approximate surface area is 152 Å². The maximum absolute atomic E-state index is 13.1. The van der Waals surface area contributed by atoms with Crippen molar-refractivity contribution in [2.24, 2.45) is 0 Å². The van der Waals surface area contributed by atoms with E-state index in [0.29, 0.717) is 5.02 Å². The van der Waals surface area contributed by atoms with E-state index in [1.165, 1.54) is 0 Å². The van der Waals surface area contributed by atoms with E-state index < -0.39 is 0 Å². The van der Waals surface area contributed by atoms with E-state index in [1.54, 1.807) is 4.90 Å². The molecule has 25 heavy (non-hydrogen) atoms. The Morgan fingerprint density at radius 2 is 1.40 bits per heavy atom. The molecule has 1 aliphatic rings. The van der Waals surface area contributed by atoms with Crippen molar-refractivity contribution in [3.63, 3.8) is 0 Å². The van der Waals surface area contributed by atoms with Crippen molar-refractivity contribution >= 4 is 34.3 Å². The molecular formula is C22H16ClNO. The lowest BCUT2D eigenvalue weighted by Crippen LogP contribution is -2.20. The first-order valence-electron chi connectivity index (χ1n) is 8.10. The third kappa shape index (κ3) is 2.65. The first kappa shape index (κ1) is 15.7. The third-order valence-corrected chi connectivity index (χ3v) is 4.75. The number of para-hydroxylation sites is 1. The van der Waals surface area contributed by atoms with Crippen LogP contribution in [0.3, 0.4) is 0 Å². The summed E-state index contributed by atoms with van der Waals surface area (Å²) in [4.78, 5) is 14.8. The second kappa shape index (κ2) is 6.23. The molecular weight excluding hydrogens is 330 g/mol. The number of carbonyl (C=O) groups is 1. The van der Waals surface area contributed by atoms with Gasteiger partial charge in [-0.15, -0.1) is 0 Å². The fourth-order valence-corrected chi connectivity index (χ4v) is 3.41. The van der Waals surface area contributed by atoms with Gasteiger partial charge in [-0.1, -0.05) is 72.3 Å². The van der Waals surface area contributed by atoms with Gasteiger partial charge in [-0.3, -0.25) is 4.79 Å². The van der Waals surface area contributed by atoms with Crippen LogP contribution in [0.15, 0.2) is 78.9 Å². The Kier molecular flexibility index (Phi) is 3.90. The largest absolute Gasteiger partial charge is 0.311 e. The van der Waals surface area contributed by atoms with Crippen molar-refractivity contribution in [3.05, 3.63) is 101 Å². The summed E-state index contributed by atoms with van der Waals surface area (Å²) in [5, 5.41) is 0.677. The van der Waals surface area contributed by atoms with Gasteiger partial charge in [0, 0.05) is 23.2 Å². The lowest BCUT2D eigenvalue weighted by molar-refractivity contribution is -0.112. The van der Waals surface area contributed by atoms with Gasteiger partial charge >= 0.3 is 0 Å². The number of nitrogens with zero attached hydrogens (tertiary/aromatic N) is 1. The van der Waals surface area contributed by atoms with Gasteiger partial charge in [0.1, 0.15) is 0 Å². The summed E-state index contributed by atoms with van der Waals surface area (Å²) in [5.74, 6) is 0.00926. The van der Waals surface area contributed by atoms with Crippen molar-refractivity contribution in [3.8, 4) is 0 Å². The summed E-state index contributed by atoms with van der Waals surface area (Å²) >= 11 is 6.06. The molecule has 0 atom stereocenters. The van der Waals surface area contributed by atoms with Crippen LogP contribution in [0.4, 0.5) is 5.69 Å². The standard InChI is InChI=1S/C22H16ClNO/c1-24-19-10-6-5-9-18(19)21(22(24)25)20(15-7-3-2-4-8-15)16-11-13-17(23)14-12-16/h2-14H,1H3/b21-20-. The predicted octanol–water partition coefficient (Wildman–Crippen LogP) is 5.28. The summed E-state index contributed by atoms with van der Waals surface area (Å²) in [7, 11) is 1.82. The Morgan fingerprint density at radius 1 is 0.800 bits per heavy atom. The summed E-state index contributed by atoms with van der Waals surface area (Å²) in [5.41, 5.74) is 5.54. The first-order valence-corrected chi connectivity index (χ1v) is 8.47. The molecule has 1 amide bonds. The number of rotatable bonds is 2. The molecule has 0 aromatic heterocycles. The second-order valence-corrected chi connectivity index (χ2v) is 6.44. The zero-order valence-electron chi connectivity index (χ0n) is 13.7. The number of anilines is 1. The van der Waals surface area contributed by atoms with E-state index in [9.17, 15) is 4.79 Å². The molecule has 1 aliphatic heterocycles. The summed E-state index contributed by atoms with van der Waals surface area (Å²) in [6, 6.07) is 25.6. The Bertz CT molecular complexity index is 974. The molecule has 0 bridgehead atoms. The molecule has 0 spiro atoms. The van der Waals surface area contributed by atoms with Crippen LogP contribution in [0.2, 0.25) is 5.02 Å². The summed E-state index contributed by atoms with van der Waals surface area (Å²) in [6.07, 6.45) is 0. The highest BCUT2D eigenvalue weighted by molar-refractivity contribution is 6.38. The van der Waals surface area contributed by atoms with E-state index in [4.69, 9.17) is 11.6 Å². The molecule has 1 heterocycles. The normalized spacial score (nSPS) is 15.3. The lowest BCUT2D eigenvalue weighted by Gasteiger charge is -2.13. The third-order valence-electron chi connectivity index (χ3n) is 4.50. The van der Waals surface area contributed by atoms with Crippen LogP contribution < -0.4 is 4.90 Å². The van der Waals surface area contributed by atoms with E-state index in [2.05, 4.69) is 0 Å². The second-order valence-electron chi connectivity index (χ2n) is 6.00. The molecule has 3 aromatic carbocycles. The minimum absolute atomic E-state index is 0.00926. The Balaban J connectivity index is 2.06. The monoisotopic (exact) mass is 345 g/mol. The zero-order chi connectivity index (χ0) is 17.4. The Hall–Kier alpha value is -2.84. The summed E-state index contributed by atoms with van der Waals surface area (Å²) < 4.78 is 0. The van der Waals surface area contributed by atoms with E-state index >= 15 is 0 Å². The molecule has 0 radical (unpaired) electrons. The molecule has 0 saturated heterocycles. The van der Waals surface area contributed by atoms with E-state index in [0.717, 1.165) is 33.5 Å². The maximum Gasteiger partial charge on any atom is 0.259 e. The van der Waals surface area contributed by atoms with Gasteiger partial charge < -0.3 is 4.90 Å². The number of halogens is 1. The van der Waals surface area contributed by atoms with Crippen molar-refractivity contribution in [2.75, 3.05) is 11.9 Å². The van der Waals surface area contributed by atoms with Gasteiger partial charge in [-0.25, -0.2) is 0 Å². The van der Waals surface area contributed by atoms with Crippen LogP contribution >= 0.6 is 11.6 Å². The Morgan fingerprint density at radius 3 is 2.12 bits per heavy atom. The van der Waals surface area contributed by atoms with Gasteiger partial charge in [0.05, 0.1) is 11.3 Å². The first-order chi connectivity index (χ1) is 12.2. The topological polar surface area (TPSA) is 20.3 Å². The average Bonchev–Trinajstić information content (AvgIpc) is 2.90. The highest BCUT2D eigenvalue weighted by Gasteiger charge is 2.32. The molecule has 2 nitrogen and oxygen atoms in total. The van der Waals surface area contributed by atoms with Crippen LogP contribution in [-0.4, -0.2) is 13.0 Å². The quantitative estimate of drug-likeness (QED) is 0.579. The van der Waals surface area contributed by atoms with E-state index in [-0.39, 0.29) is 5.91 Å². The van der Waals surface area contributed by atoms with E-state index in [1.807, 2.05) is 85.9 Å². The van der Waals surface area contributed by atoms with Gasteiger partial charge in [-0.05, 0) is 29.3 Å². The highest BCUT2D eigenvalue weighted by Crippen LogP contribution is 2.42. The lowest BCUT2D eigenvalue weighted by atomic mass is 9.90. The molecule has 0 aliphatic carbocycles. The fraction of sp³-hybridized carbons (Fsp3) is 0.0455. The van der Waals surface area contributed by atoms with Gasteiger partial charge in [0.25, 0.3) is 5.91 Å². The van der Waals surface area contributed by atoms with Crippen molar-refractivity contribution in [1.82, 2.24) is 0 Å². The van der Waals surface area contributed by atoms with Crippen LogP contribution in [0, 0.1) is 0 Å². The van der Waals surface area contributed by atoms with Crippen molar-refractivity contribution in [1.29, 1.82) is 0 Å². The minimum Gasteiger partial charge on any atom is -0.311 e. The predicted molar refractivity (Wildman–Crippen MR) is 104 cm³/mol. The summed E-state index contributed by atoms with van der Waals surface area (Å²) in [6.45, 7) is 0. The van der Waals surface area contributed by atoms with Crippen molar-refractivity contribution < 1.29 is 4.79 Å². The fourth-order valence-electron chi connectivity index (χ4n) is 3.29. The zero-order valence-corrected chi connectivity index (χ0v) is 14.5. The molecule has 0 fully saturated rings. The van der Waals surface area contributed by atoms with Crippen LogP contribution in [0.1, 0.15) is 16.7 Å². The smallest absolute Gasteiger partial charge is 0.259 e. The van der Waals surface area contributed by atoms with Gasteiger partial charge in [0.15, 0.2) is 0 Å². The number of likely N-dealkylation sites (N-methyl/N-ethyl adjacent to an activating group) is 1. The molecule has 122 valence electrons. The molecule has 0 saturated carbocycles. The van der Waals surface area contributed by atoms with Crippen LogP contribution in [0.5, 0.6) is 0 Å². The molecule has 3 aromatic rings. The molecule has 3 heteroatoms.